The van der Waals surface area contributed by atoms with Crippen molar-refractivity contribution in [2.75, 3.05) is 0 Å². The molecule has 0 atom stereocenters. The van der Waals surface area contributed by atoms with E-state index in [1.807, 2.05) is 25.1 Å². The molecule has 2 N–H and O–H groups in total. The maximum absolute atomic E-state index is 5.92. The first kappa shape index (κ1) is 13.0. The summed E-state index contributed by atoms with van der Waals surface area (Å²) >= 11 is 5.92. The lowest BCUT2D eigenvalue weighted by Gasteiger charge is -2.04. The molecule has 0 saturated carbocycles. The van der Waals surface area contributed by atoms with Gasteiger partial charge in [0, 0.05) is 11.6 Å². The molecule has 1 aromatic heterocycles. The molecule has 86 valence electrons. The lowest BCUT2D eigenvalue weighted by atomic mass is 10.2. The number of nitrogens with two attached hydrogens (primary N) is 1. The summed E-state index contributed by atoms with van der Waals surface area (Å²) in [5.74, 6) is 0. The fourth-order valence-electron chi connectivity index (χ4n) is 1.34. The molecule has 0 unspecified atom stereocenters. The lowest BCUT2D eigenvalue weighted by molar-refractivity contribution is 0.792. The quantitative estimate of drug-likeness (QED) is 0.898. The first-order valence-corrected chi connectivity index (χ1v) is 4.96. The van der Waals surface area contributed by atoms with Gasteiger partial charge < -0.3 is 5.73 Å². The van der Waals surface area contributed by atoms with E-state index in [0.717, 1.165) is 16.9 Å². The predicted molar refractivity (Wildman–Crippen MR) is 66.2 cm³/mol. The minimum absolute atomic E-state index is 0. The smallest absolute Gasteiger partial charge is 0.0967 e. The Morgan fingerprint density at radius 1 is 1.44 bits per heavy atom. The summed E-state index contributed by atoms with van der Waals surface area (Å²) in [5.41, 5.74) is 8.24. The Hall–Kier alpha value is -1.10. The summed E-state index contributed by atoms with van der Waals surface area (Å²) in [6.45, 7) is 2.38. The Morgan fingerprint density at radius 3 is 2.81 bits per heavy atom. The molecule has 0 fully saturated rings. The van der Waals surface area contributed by atoms with Crippen LogP contribution in [0.1, 0.15) is 11.3 Å². The first-order valence-electron chi connectivity index (χ1n) is 4.58. The van der Waals surface area contributed by atoms with Crippen LogP contribution in [0.2, 0.25) is 5.02 Å². The number of halogens is 2. The van der Waals surface area contributed by atoms with Gasteiger partial charge in [-0.2, -0.15) is 0 Å². The van der Waals surface area contributed by atoms with Crippen molar-refractivity contribution >= 4 is 24.0 Å². The van der Waals surface area contributed by atoms with Gasteiger partial charge in [0.15, 0.2) is 0 Å². The number of aryl methyl sites for hydroxylation is 1. The Balaban J connectivity index is 0.00000128. The zero-order chi connectivity index (χ0) is 10.8. The summed E-state index contributed by atoms with van der Waals surface area (Å²) in [7, 11) is 0. The van der Waals surface area contributed by atoms with E-state index < -0.39 is 0 Å². The Bertz CT molecular complexity index is 481. The van der Waals surface area contributed by atoms with Crippen molar-refractivity contribution in [2.24, 2.45) is 5.73 Å². The van der Waals surface area contributed by atoms with Gasteiger partial charge in [-0.25, -0.2) is 4.68 Å². The number of hydrogen-bond acceptors (Lipinski definition) is 3. The van der Waals surface area contributed by atoms with Crippen LogP contribution >= 0.6 is 24.0 Å². The van der Waals surface area contributed by atoms with Crippen LogP contribution in [0.15, 0.2) is 24.4 Å². The van der Waals surface area contributed by atoms with Gasteiger partial charge in [0.25, 0.3) is 0 Å². The minimum Gasteiger partial charge on any atom is -0.325 e. The third kappa shape index (κ3) is 2.52. The predicted octanol–water partition coefficient (Wildman–Crippen LogP) is 2.11. The van der Waals surface area contributed by atoms with Crippen molar-refractivity contribution in [1.82, 2.24) is 15.0 Å². The summed E-state index contributed by atoms with van der Waals surface area (Å²) in [4.78, 5) is 0. The maximum atomic E-state index is 5.92. The second-order valence-corrected chi connectivity index (χ2v) is 3.73. The summed E-state index contributed by atoms with van der Waals surface area (Å²) < 4.78 is 1.68. The molecule has 0 aliphatic heterocycles. The molecule has 0 spiro atoms. The van der Waals surface area contributed by atoms with Crippen molar-refractivity contribution in [3.8, 4) is 5.69 Å². The SMILES string of the molecule is Cc1ccc(Cl)cc1-n1cc(CN)nn1.Cl. The number of rotatable bonds is 2. The van der Waals surface area contributed by atoms with Crippen LogP contribution in [0.4, 0.5) is 0 Å². The monoisotopic (exact) mass is 258 g/mol. The third-order valence-corrected chi connectivity index (χ3v) is 2.40. The maximum Gasteiger partial charge on any atom is 0.0967 e. The van der Waals surface area contributed by atoms with Crippen molar-refractivity contribution in [3.05, 3.63) is 40.7 Å². The van der Waals surface area contributed by atoms with Crippen LogP contribution in [0.25, 0.3) is 5.69 Å². The Morgan fingerprint density at radius 2 is 2.19 bits per heavy atom. The van der Waals surface area contributed by atoms with E-state index >= 15 is 0 Å². The molecule has 0 aliphatic rings. The molecular formula is C10H12Cl2N4. The molecule has 1 aromatic carbocycles. The molecule has 6 heteroatoms. The molecule has 0 saturated heterocycles. The topological polar surface area (TPSA) is 56.7 Å². The highest BCUT2D eigenvalue weighted by molar-refractivity contribution is 6.30. The highest BCUT2D eigenvalue weighted by atomic mass is 35.5. The van der Waals surface area contributed by atoms with Crippen LogP contribution in [0.3, 0.4) is 0 Å². The Labute approximate surface area is 105 Å². The molecule has 0 bridgehead atoms. The van der Waals surface area contributed by atoms with Gasteiger partial charge in [-0.1, -0.05) is 22.9 Å². The first-order chi connectivity index (χ1) is 7.20. The lowest BCUT2D eigenvalue weighted by Crippen LogP contribution is -1.98. The third-order valence-electron chi connectivity index (χ3n) is 2.17. The molecule has 0 aliphatic carbocycles. The van der Waals surface area contributed by atoms with Gasteiger partial charge in [-0.15, -0.1) is 17.5 Å². The van der Waals surface area contributed by atoms with E-state index in [1.54, 1.807) is 10.9 Å². The van der Waals surface area contributed by atoms with E-state index in [2.05, 4.69) is 10.3 Å². The average molecular weight is 259 g/mol. The van der Waals surface area contributed by atoms with Crippen LogP contribution in [0.5, 0.6) is 0 Å². The molecular weight excluding hydrogens is 247 g/mol. The molecule has 16 heavy (non-hydrogen) atoms. The van der Waals surface area contributed by atoms with Gasteiger partial charge in [-0.3, -0.25) is 0 Å². The summed E-state index contributed by atoms with van der Waals surface area (Å²) in [6.07, 6.45) is 1.80. The normalized spacial score (nSPS) is 9.94. The van der Waals surface area contributed by atoms with Crippen LogP contribution < -0.4 is 5.73 Å². The second-order valence-electron chi connectivity index (χ2n) is 3.29. The molecule has 2 aromatic rings. The van der Waals surface area contributed by atoms with Crippen molar-refractivity contribution in [1.29, 1.82) is 0 Å². The average Bonchev–Trinajstić information content (AvgIpc) is 2.70. The van der Waals surface area contributed by atoms with Gasteiger partial charge in [0.2, 0.25) is 0 Å². The molecule has 0 amide bonds. The van der Waals surface area contributed by atoms with E-state index in [0.29, 0.717) is 11.6 Å². The molecule has 0 radical (unpaired) electrons. The summed E-state index contributed by atoms with van der Waals surface area (Å²) in [6, 6.07) is 5.65. The minimum atomic E-state index is 0. The molecule has 1 heterocycles. The fourth-order valence-corrected chi connectivity index (χ4v) is 1.51. The standard InChI is InChI=1S/C10H11ClN4.ClH/c1-7-2-3-8(11)4-10(7)15-6-9(5-12)13-14-15;/h2-4,6H,5,12H2,1H3;1H. The van der Waals surface area contributed by atoms with Crippen molar-refractivity contribution in [2.45, 2.75) is 13.5 Å². The van der Waals surface area contributed by atoms with Gasteiger partial charge in [0.05, 0.1) is 17.6 Å². The Kier molecular flexibility index (Phi) is 4.29. The van der Waals surface area contributed by atoms with E-state index in [4.69, 9.17) is 17.3 Å². The highest BCUT2D eigenvalue weighted by Gasteiger charge is 2.04. The van der Waals surface area contributed by atoms with Gasteiger partial charge in [-0.05, 0) is 24.6 Å². The fraction of sp³-hybridized carbons (Fsp3) is 0.200. The van der Waals surface area contributed by atoms with Crippen molar-refractivity contribution < 1.29 is 0 Å². The zero-order valence-corrected chi connectivity index (χ0v) is 10.3. The molecule has 2 rings (SSSR count). The number of nitrogens with zero attached hydrogens (tertiary/aromatic N) is 3. The number of hydrogen-bond donors (Lipinski definition) is 1. The zero-order valence-electron chi connectivity index (χ0n) is 8.72. The van der Waals surface area contributed by atoms with Crippen molar-refractivity contribution in [3.63, 3.8) is 0 Å². The second kappa shape index (κ2) is 5.30. The van der Waals surface area contributed by atoms with Crippen LogP contribution in [0, 0.1) is 6.92 Å². The van der Waals surface area contributed by atoms with E-state index in [1.165, 1.54) is 0 Å². The van der Waals surface area contributed by atoms with Crippen LogP contribution in [-0.4, -0.2) is 15.0 Å². The van der Waals surface area contributed by atoms with E-state index in [-0.39, 0.29) is 12.4 Å². The largest absolute Gasteiger partial charge is 0.325 e. The van der Waals surface area contributed by atoms with Gasteiger partial charge in [0.1, 0.15) is 0 Å². The summed E-state index contributed by atoms with van der Waals surface area (Å²) in [5, 5.41) is 8.59. The molecule has 4 nitrogen and oxygen atoms in total. The van der Waals surface area contributed by atoms with Crippen LogP contribution in [-0.2, 0) is 6.54 Å². The van der Waals surface area contributed by atoms with Gasteiger partial charge >= 0.3 is 0 Å². The van der Waals surface area contributed by atoms with E-state index in [9.17, 15) is 0 Å². The number of aromatic nitrogens is 3. The highest BCUT2D eigenvalue weighted by Crippen LogP contribution is 2.18. The number of benzene rings is 1.